The molecule has 2 aromatic heterocycles. The summed E-state index contributed by atoms with van der Waals surface area (Å²) in [5, 5.41) is 8.33. The fourth-order valence-electron chi connectivity index (χ4n) is 2.76. The van der Waals surface area contributed by atoms with Gasteiger partial charge in [-0.3, -0.25) is 4.79 Å². The zero-order valence-corrected chi connectivity index (χ0v) is 14.5. The fourth-order valence-corrected chi connectivity index (χ4v) is 2.96. The Kier molecular flexibility index (Phi) is 4.41. The lowest BCUT2D eigenvalue weighted by atomic mass is 10.1. The lowest BCUT2D eigenvalue weighted by Gasteiger charge is -2.04. The number of hydrogen-bond donors (Lipinski definition) is 2. The number of fused-ring (bicyclic) bond motifs is 1. The Balaban J connectivity index is 1.44. The van der Waals surface area contributed by atoms with E-state index in [-0.39, 0.29) is 5.89 Å². The maximum atomic E-state index is 12.2. The van der Waals surface area contributed by atoms with Crippen molar-refractivity contribution in [3.05, 3.63) is 82.6 Å². The normalized spacial score (nSPS) is 11.0. The van der Waals surface area contributed by atoms with Crippen LogP contribution in [0.15, 0.2) is 59.3 Å². The van der Waals surface area contributed by atoms with Gasteiger partial charge in [0.05, 0.1) is 0 Å². The number of aromatic nitrogens is 3. The number of carbonyl (C=O) groups is 1. The summed E-state index contributed by atoms with van der Waals surface area (Å²) in [6.07, 6.45) is 2.39. The van der Waals surface area contributed by atoms with E-state index in [2.05, 4.69) is 20.4 Å². The van der Waals surface area contributed by atoms with Gasteiger partial charge < -0.3 is 14.8 Å². The molecule has 0 aliphatic carbocycles. The Labute approximate surface area is 154 Å². The molecule has 130 valence electrons. The Morgan fingerprint density at radius 2 is 1.92 bits per heavy atom. The quantitative estimate of drug-likeness (QED) is 0.563. The van der Waals surface area contributed by atoms with Crippen LogP contribution in [0.2, 0.25) is 5.02 Å². The molecule has 2 heterocycles. The highest BCUT2D eigenvalue weighted by molar-refractivity contribution is 6.31. The second kappa shape index (κ2) is 7.01. The Bertz CT molecular complexity index is 1070. The van der Waals surface area contributed by atoms with Crippen LogP contribution in [0.4, 0.5) is 0 Å². The molecule has 6 nitrogen and oxygen atoms in total. The monoisotopic (exact) mass is 366 g/mol. The molecule has 0 spiro atoms. The van der Waals surface area contributed by atoms with Crippen LogP contribution in [-0.4, -0.2) is 21.0 Å². The average Bonchev–Trinajstić information content (AvgIpc) is 3.29. The maximum Gasteiger partial charge on any atom is 0.315 e. The average molecular weight is 367 g/mol. The molecule has 0 bridgehead atoms. The molecule has 0 radical (unpaired) electrons. The van der Waals surface area contributed by atoms with E-state index in [9.17, 15) is 4.79 Å². The molecule has 7 heteroatoms. The number of amides is 1. The largest absolute Gasteiger partial charge is 0.361 e. The van der Waals surface area contributed by atoms with E-state index >= 15 is 0 Å². The second-order valence-electron chi connectivity index (χ2n) is 5.83. The highest BCUT2D eigenvalue weighted by Crippen LogP contribution is 2.20. The van der Waals surface area contributed by atoms with Crippen LogP contribution in [0, 0.1) is 0 Å². The van der Waals surface area contributed by atoms with Crippen LogP contribution in [0.25, 0.3) is 10.9 Å². The van der Waals surface area contributed by atoms with E-state index in [4.69, 9.17) is 16.1 Å². The predicted molar refractivity (Wildman–Crippen MR) is 98.0 cm³/mol. The number of benzene rings is 2. The highest BCUT2D eigenvalue weighted by atomic mass is 35.5. The van der Waals surface area contributed by atoms with E-state index in [0.29, 0.717) is 23.8 Å². The highest BCUT2D eigenvalue weighted by Gasteiger charge is 2.16. The van der Waals surface area contributed by atoms with E-state index in [0.717, 1.165) is 22.0 Å². The number of halogens is 1. The molecule has 0 aliphatic heterocycles. The number of para-hydroxylation sites is 1. The Morgan fingerprint density at radius 3 is 2.81 bits per heavy atom. The number of carbonyl (C=O) groups excluding carboxylic acids is 1. The predicted octanol–water partition coefficient (Wildman–Crippen LogP) is 3.73. The van der Waals surface area contributed by atoms with E-state index in [1.54, 1.807) is 6.07 Å². The van der Waals surface area contributed by atoms with Gasteiger partial charge in [-0.1, -0.05) is 53.2 Å². The Hall–Kier alpha value is -3.12. The summed E-state index contributed by atoms with van der Waals surface area (Å²) >= 11 is 6.08. The van der Waals surface area contributed by atoms with Gasteiger partial charge in [-0.05, 0) is 23.3 Å². The van der Waals surface area contributed by atoms with Gasteiger partial charge in [0.25, 0.3) is 0 Å². The smallest absolute Gasteiger partial charge is 0.315 e. The number of aromatic amines is 1. The summed E-state index contributed by atoms with van der Waals surface area (Å²) in [5.74, 6) is -0.0351. The molecule has 0 saturated carbocycles. The molecule has 0 unspecified atom stereocenters. The molecule has 4 rings (SSSR count). The van der Waals surface area contributed by atoms with Crippen LogP contribution in [0.3, 0.4) is 0 Å². The summed E-state index contributed by atoms with van der Waals surface area (Å²) in [5.41, 5.74) is 2.91. The van der Waals surface area contributed by atoms with Gasteiger partial charge in [-0.2, -0.15) is 4.98 Å². The minimum atomic E-state index is -0.428. The van der Waals surface area contributed by atoms with Gasteiger partial charge in [-0.15, -0.1) is 0 Å². The first-order valence-electron chi connectivity index (χ1n) is 8.10. The minimum absolute atomic E-state index is 0.0631. The van der Waals surface area contributed by atoms with Crippen molar-refractivity contribution in [2.45, 2.75) is 13.0 Å². The molecule has 0 saturated heterocycles. The van der Waals surface area contributed by atoms with E-state index in [1.807, 2.05) is 48.7 Å². The summed E-state index contributed by atoms with van der Waals surface area (Å²) < 4.78 is 5.09. The second-order valence-corrected chi connectivity index (χ2v) is 6.23. The van der Waals surface area contributed by atoms with Crippen molar-refractivity contribution in [2.75, 3.05) is 0 Å². The summed E-state index contributed by atoms with van der Waals surface area (Å²) in [6, 6.07) is 15.3. The van der Waals surface area contributed by atoms with E-state index < -0.39 is 5.91 Å². The van der Waals surface area contributed by atoms with Gasteiger partial charge in [-0.25, -0.2) is 0 Å². The lowest BCUT2D eigenvalue weighted by Crippen LogP contribution is -2.23. The zero-order valence-electron chi connectivity index (χ0n) is 13.7. The van der Waals surface area contributed by atoms with Crippen molar-refractivity contribution in [1.82, 2.24) is 20.4 Å². The van der Waals surface area contributed by atoms with Crippen LogP contribution in [0.1, 0.15) is 27.6 Å². The van der Waals surface area contributed by atoms with Crippen molar-refractivity contribution in [3.63, 3.8) is 0 Å². The molecule has 0 fully saturated rings. The van der Waals surface area contributed by atoms with Gasteiger partial charge in [0.2, 0.25) is 0 Å². The molecule has 26 heavy (non-hydrogen) atoms. The molecule has 0 atom stereocenters. The topological polar surface area (TPSA) is 83.8 Å². The van der Waals surface area contributed by atoms with Gasteiger partial charge in [0, 0.05) is 35.1 Å². The fraction of sp³-hybridized carbons (Fsp3) is 0.105. The van der Waals surface area contributed by atoms with Crippen LogP contribution < -0.4 is 5.32 Å². The number of H-pyrrole nitrogens is 1. The van der Waals surface area contributed by atoms with Gasteiger partial charge in [0.15, 0.2) is 5.82 Å². The summed E-state index contributed by atoms with van der Waals surface area (Å²) in [7, 11) is 0. The Morgan fingerprint density at radius 1 is 1.12 bits per heavy atom. The zero-order chi connectivity index (χ0) is 17.9. The molecule has 2 N–H and O–H groups in total. The van der Waals surface area contributed by atoms with Crippen molar-refractivity contribution in [2.24, 2.45) is 0 Å². The van der Waals surface area contributed by atoms with Crippen molar-refractivity contribution < 1.29 is 9.32 Å². The van der Waals surface area contributed by atoms with Gasteiger partial charge >= 0.3 is 11.8 Å². The number of rotatable bonds is 5. The van der Waals surface area contributed by atoms with Crippen LogP contribution >= 0.6 is 11.6 Å². The maximum absolute atomic E-state index is 12.2. The SMILES string of the molecule is O=C(NCc1ccccc1Cl)c1nc(Cc2c[nH]c3ccccc23)no1. The standard InChI is InChI=1S/C19H15ClN4O2/c20-15-7-3-1-5-12(15)10-22-18(25)19-23-17(24-26-19)9-13-11-21-16-8-4-2-6-14(13)16/h1-8,11,21H,9-10H2,(H,22,25). The van der Waals surface area contributed by atoms with Crippen molar-refractivity contribution in [3.8, 4) is 0 Å². The van der Waals surface area contributed by atoms with Crippen LogP contribution in [0.5, 0.6) is 0 Å². The van der Waals surface area contributed by atoms with Gasteiger partial charge in [0.1, 0.15) is 0 Å². The summed E-state index contributed by atoms with van der Waals surface area (Å²) in [4.78, 5) is 19.6. The molecular formula is C19H15ClN4O2. The number of nitrogens with one attached hydrogen (secondary N) is 2. The summed E-state index contributed by atoms with van der Waals surface area (Å²) in [6.45, 7) is 0.290. The first-order chi connectivity index (χ1) is 12.7. The molecular weight excluding hydrogens is 352 g/mol. The van der Waals surface area contributed by atoms with Crippen molar-refractivity contribution in [1.29, 1.82) is 0 Å². The van der Waals surface area contributed by atoms with Crippen LogP contribution in [-0.2, 0) is 13.0 Å². The third-order valence-electron chi connectivity index (χ3n) is 4.08. The minimum Gasteiger partial charge on any atom is -0.361 e. The third-order valence-corrected chi connectivity index (χ3v) is 4.45. The lowest BCUT2D eigenvalue weighted by molar-refractivity contribution is 0.0907. The van der Waals surface area contributed by atoms with Crippen molar-refractivity contribution >= 4 is 28.4 Å². The molecule has 0 aliphatic rings. The van der Waals surface area contributed by atoms with E-state index in [1.165, 1.54) is 0 Å². The third kappa shape index (κ3) is 3.32. The molecule has 4 aromatic rings. The number of nitrogens with zero attached hydrogens (tertiary/aromatic N) is 2. The molecule has 1 amide bonds. The first kappa shape index (κ1) is 16.4. The number of hydrogen-bond acceptors (Lipinski definition) is 4. The molecule has 2 aromatic carbocycles. The first-order valence-corrected chi connectivity index (χ1v) is 8.47.